The van der Waals surface area contributed by atoms with Crippen LogP contribution < -0.4 is 4.90 Å². The van der Waals surface area contributed by atoms with Gasteiger partial charge in [-0.15, -0.1) is 11.3 Å². The molecule has 118 valence electrons. The minimum atomic E-state index is -0.467. The van der Waals surface area contributed by atoms with E-state index in [1.165, 1.54) is 10.7 Å². The first-order valence-electron chi connectivity index (χ1n) is 7.36. The van der Waals surface area contributed by atoms with Crippen LogP contribution in [-0.2, 0) is 0 Å². The summed E-state index contributed by atoms with van der Waals surface area (Å²) in [7, 11) is 0. The molecule has 3 aromatic heterocycles. The Kier molecular flexibility index (Phi) is 3.41. The molecule has 0 N–H and O–H groups in total. The molecule has 1 aliphatic heterocycles. The van der Waals surface area contributed by atoms with Gasteiger partial charge < -0.3 is 15.0 Å². The fourth-order valence-corrected chi connectivity index (χ4v) is 3.74. The summed E-state index contributed by atoms with van der Waals surface area (Å²) in [6.07, 6.45) is 5.23. The maximum absolute atomic E-state index is 11.1. The smallest absolute Gasteiger partial charge is 0.358 e. The molecule has 0 radical (unpaired) electrons. The summed E-state index contributed by atoms with van der Waals surface area (Å²) < 4.78 is 1.29. The average molecular weight is 330 g/mol. The minimum Gasteiger partial charge on any atom is -0.358 e. The van der Waals surface area contributed by atoms with Gasteiger partial charge in [-0.05, 0) is 23.8 Å². The molecule has 0 amide bonds. The first-order chi connectivity index (χ1) is 11.2. The number of aromatic nitrogens is 4. The van der Waals surface area contributed by atoms with Gasteiger partial charge in [0.15, 0.2) is 5.82 Å². The second kappa shape index (κ2) is 5.58. The normalized spacial score (nSPS) is 18.4. The van der Waals surface area contributed by atoms with E-state index in [2.05, 4.69) is 20.0 Å². The molecule has 1 aliphatic rings. The van der Waals surface area contributed by atoms with Crippen molar-refractivity contribution in [3.05, 3.63) is 45.0 Å². The van der Waals surface area contributed by atoms with Crippen LogP contribution in [0.2, 0.25) is 0 Å². The monoisotopic (exact) mass is 330 g/mol. The molecule has 1 saturated heterocycles. The molecule has 3 aromatic rings. The molecule has 0 aromatic carbocycles. The maximum Gasteiger partial charge on any atom is 0.368 e. The number of nitro groups is 1. The largest absolute Gasteiger partial charge is 0.368 e. The van der Waals surface area contributed by atoms with Crippen LogP contribution in [-0.4, -0.2) is 37.6 Å². The molecule has 1 atom stereocenters. The van der Waals surface area contributed by atoms with Crippen LogP contribution in [0.4, 0.5) is 11.6 Å². The molecular weight excluding hydrogens is 316 g/mol. The zero-order valence-electron chi connectivity index (χ0n) is 12.2. The van der Waals surface area contributed by atoms with Crippen molar-refractivity contribution in [1.29, 1.82) is 0 Å². The highest BCUT2D eigenvalue weighted by atomic mass is 32.1. The van der Waals surface area contributed by atoms with Crippen molar-refractivity contribution >= 4 is 28.6 Å². The summed E-state index contributed by atoms with van der Waals surface area (Å²) in [5.74, 6) is 1.01. The SMILES string of the molecule is O=[N+]([O-])c1cnc2ccc(N3CCCC(c4nccs4)C3)nn12. The molecule has 8 nitrogen and oxygen atoms in total. The van der Waals surface area contributed by atoms with Crippen molar-refractivity contribution < 1.29 is 4.92 Å². The van der Waals surface area contributed by atoms with Gasteiger partial charge in [0, 0.05) is 36.7 Å². The Hall–Kier alpha value is -2.55. The van der Waals surface area contributed by atoms with E-state index in [9.17, 15) is 10.1 Å². The third-order valence-corrected chi connectivity index (χ3v) is 5.00. The Bertz CT molecular complexity index is 846. The zero-order valence-corrected chi connectivity index (χ0v) is 13.0. The van der Waals surface area contributed by atoms with Gasteiger partial charge in [-0.2, -0.15) is 0 Å². The van der Waals surface area contributed by atoms with E-state index in [4.69, 9.17) is 0 Å². The molecule has 0 aliphatic carbocycles. The highest BCUT2D eigenvalue weighted by Gasteiger charge is 2.25. The van der Waals surface area contributed by atoms with E-state index < -0.39 is 4.92 Å². The zero-order chi connectivity index (χ0) is 15.8. The predicted molar refractivity (Wildman–Crippen MR) is 85.9 cm³/mol. The van der Waals surface area contributed by atoms with E-state index in [1.807, 2.05) is 17.6 Å². The standard InChI is InChI=1S/C14H14N6O2S/c21-20(22)13-8-16-11-3-4-12(17-19(11)13)18-6-1-2-10(9-18)14-15-5-7-23-14/h3-5,7-8,10H,1-2,6,9H2. The van der Waals surface area contributed by atoms with Gasteiger partial charge >= 0.3 is 5.82 Å². The number of nitrogens with zero attached hydrogens (tertiary/aromatic N) is 6. The number of piperidine rings is 1. The predicted octanol–water partition coefficient (Wildman–Crippen LogP) is 2.48. The molecule has 23 heavy (non-hydrogen) atoms. The first kappa shape index (κ1) is 14.1. The van der Waals surface area contributed by atoms with E-state index in [0.29, 0.717) is 11.6 Å². The lowest BCUT2D eigenvalue weighted by Gasteiger charge is -2.31. The summed E-state index contributed by atoms with van der Waals surface area (Å²) >= 11 is 1.67. The third-order valence-electron chi connectivity index (χ3n) is 4.06. The van der Waals surface area contributed by atoms with Gasteiger partial charge in [-0.25, -0.2) is 9.97 Å². The van der Waals surface area contributed by atoms with Gasteiger partial charge in [-0.1, -0.05) is 9.61 Å². The second-order valence-electron chi connectivity index (χ2n) is 5.49. The van der Waals surface area contributed by atoms with E-state index in [-0.39, 0.29) is 5.82 Å². The number of hydrogen-bond donors (Lipinski definition) is 0. The summed E-state index contributed by atoms with van der Waals surface area (Å²) in [5.41, 5.74) is 0.480. The van der Waals surface area contributed by atoms with Crippen LogP contribution in [0.5, 0.6) is 0 Å². The lowest BCUT2D eigenvalue weighted by molar-refractivity contribution is -0.391. The van der Waals surface area contributed by atoms with Crippen molar-refractivity contribution in [2.24, 2.45) is 0 Å². The summed E-state index contributed by atoms with van der Waals surface area (Å²) in [6, 6.07) is 3.64. The lowest BCUT2D eigenvalue weighted by Crippen LogP contribution is -2.35. The molecule has 4 heterocycles. The van der Waals surface area contributed by atoms with Gasteiger partial charge in [0.05, 0.1) is 5.01 Å². The van der Waals surface area contributed by atoms with Gasteiger partial charge in [-0.3, -0.25) is 0 Å². The molecular formula is C14H14N6O2S. The highest BCUT2D eigenvalue weighted by Crippen LogP contribution is 2.30. The van der Waals surface area contributed by atoms with E-state index in [0.717, 1.165) is 36.8 Å². The number of fused-ring (bicyclic) bond motifs is 1. The molecule has 1 fully saturated rings. The average Bonchev–Trinajstić information content (AvgIpc) is 3.24. The number of thiazole rings is 1. The lowest BCUT2D eigenvalue weighted by atomic mass is 9.99. The fraction of sp³-hybridized carbons (Fsp3) is 0.357. The molecule has 9 heteroatoms. The Balaban J connectivity index is 1.65. The van der Waals surface area contributed by atoms with Crippen molar-refractivity contribution in [1.82, 2.24) is 19.6 Å². The van der Waals surface area contributed by atoms with E-state index >= 15 is 0 Å². The summed E-state index contributed by atoms with van der Waals surface area (Å²) in [6.45, 7) is 1.72. The highest BCUT2D eigenvalue weighted by molar-refractivity contribution is 7.09. The van der Waals surface area contributed by atoms with Gasteiger partial charge in [0.2, 0.25) is 5.65 Å². The number of hydrogen-bond acceptors (Lipinski definition) is 7. The fourth-order valence-electron chi connectivity index (χ4n) is 2.97. The Morgan fingerprint density at radius 3 is 3.04 bits per heavy atom. The molecule has 4 rings (SSSR count). The Morgan fingerprint density at radius 1 is 1.35 bits per heavy atom. The minimum absolute atomic E-state index is 0.115. The number of anilines is 1. The third kappa shape index (κ3) is 2.52. The Morgan fingerprint density at radius 2 is 2.26 bits per heavy atom. The van der Waals surface area contributed by atoms with Crippen molar-refractivity contribution in [2.75, 3.05) is 18.0 Å². The molecule has 0 spiro atoms. The van der Waals surface area contributed by atoms with Crippen LogP contribution in [0.1, 0.15) is 23.8 Å². The topological polar surface area (TPSA) is 89.5 Å². The van der Waals surface area contributed by atoms with Crippen LogP contribution in [0, 0.1) is 10.1 Å². The van der Waals surface area contributed by atoms with Gasteiger partial charge in [0.25, 0.3) is 0 Å². The number of rotatable bonds is 3. The molecule has 1 unspecified atom stereocenters. The van der Waals surface area contributed by atoms with Crippen LogP contribution in [0.25, 0.3) is 5.65 Å². The Labute approximate surface area is 135 Å². The van der Waals surface area contributed by atoms with Crippen LogP contribution >= 0.6 is 11.3 Å². The summed E-state index contributed by atoms with van der Waals surface area (Å²) in [5, 5.41) is 18.6. The van der Waals surface area contributed by atoms with Crippen LogP contribution in [0.15, 0.2) is 29.9 Å². The van der Waals surface area contributed by atoms with Crippen molar-refractivity contribution in [3.63, 3.8) is 0 Å². The quantitative estimate of drug-likeness (QED) is 0.541. The first-order valence-corrected chi connectivity index (χ1v) is 8.24. The second-order valence-corrected chi connectivity index (χ2v) is 6.42. The van der Waals surface area contributed by atoms with Crippen molar-refractivity contribution in [3.8, 4) is 0 Å². The molecule has 0 saturated carbocycles. The van der Waals surface area contributed by atoms with E-state index in [1.54, 1.807) is 17.4 Å². The molecule has 0 bridgehead atoms. The maximum atomic E-state index is 11.1. The number of imidazole rings is 1. The van der Waals surface area contributed by atoms with Crippen LogP contribution in [0.3, 0.4) is 0 Å². The van der Waals surface area contributed by atoms with Gasteiger partial charge in [0.1, 0.15) is 6.20 Å². The summed E-state index contributed by atoms with van der Waals surface area (Å²) in [4.78, 5) is 21.2. The van der Waals surface area contributed by atoms with Crippen molar-refractivity contribution in [2.45, 2.75) is 18.8 Å².